The van der Waals surface area contributed by atoms with Gasteiger partial charge in [0.1, 0.15) is 0 Å². The molecule has 8 aromatic rings. The quantitative estimate of drug-likeness (QED) is 0.209. The molecule has 0 nitrogen and oxygen atoms in total. The highest BCUT2D eigenvalue weighted by Gasteiger charge is 2.17. The van der Waals surface area contributed by atoms with Gasteiger partial charge in [0, 0.05) is 0 Å². The molecular weight excluding hydrogens is 480 g/mol. The molecule has 0 unspecified atom stereocenters. The van der Waals surface area contributed by atoms with Crippen LogP contribution in [0, 0.1) is 0 Å². The first-order chi connectivity index (χ1) is 19.9. The molecule has 0 atom stereocenters. The predicted octanol–water partition coefficient (Wildman–Crippen LogP) is 11.3. The Morgan fingerprint density at radius 3 is 0.875 bits per heavy atom. The Bertz CT molecular complexity index is 2060. The fourth-order valence-electron chi connectivity index (χ4n) is 6.46. The van der Waals surface area contributed by atoms with E-state index in [1.165, 1.54) is 76.5 Å². The zero-order chi connectivity index (χ0) is 26.5. The maximum atomic E-state index is 2.37. The number of fused-ring (bicyclic) bond motifs is 6. The summed E-state index contributed by atoms with van der Waals surface area (Å²) in [6, 6.07) is 57.5. The van der Waals surface area contributed by atoms with Gasteiger partial charge in [0.25, 0.3) is 0 Å². The molecule has 0 aliphatic carbocycles. The van der Waals surface area contributed by atoms with Crippen LogP contribution in [0.25, 0.3) is 76.5 Å². The molecule has 40 heavy (non-hydrogen) atoms. The van der Waals surface area contributed by atoms with Gasteiger partial charge in [0.05, 0.1) is 0 Å². The second-order valence-corrected chi connectivity index (χ2v) is 10.5. The zero-order valence-electron chi connectivity index (χ0n) is 22.0. The van der Waals surface area contributed by atoms with Crippen molar-refractivity contribution < 1.29 is 0 Å². The summed E-state index contributed by atoms with van der Waals surface area (Å²) in [4.78, 5) is 0. The van der Waals surface area contributed by atoms with Crippen molar-refractivity contribution in [3.05, 3.63) is 158 Å². The molecule has 0 saturated heterocycles. The average molecular weight is 507 g/mol. The maximum Gasteiger partial charge on any atom is -0.00928 e. The molecule has 0 aliphatic rings. The molecule has 0 saturated carbocycles. The maximum absolute atomic E-state index is 2.37. The smallest absolute Gasteiger partial charge is 0.00928 e. The largest absolute Gasteiger partial charge is 0.0616 e. The van der Waals surface area contributed by atoms with E-state index in [1.807, 2.05) is 0 Å². The van der Waals surface area contributed by atoms with E-state index in [-0.39, 0.29) is 0 Å². The highest BCUT2D eigenvalue weighted by atomic mass is 14.2. The van der Waals surface area contributed by atoms with Gasteiger partial charge in [-0.2, -0.15) is 0 Å². The lowest BCUT2D eigenvalue weighted by molar-refractivity contribution is 1.59. The van der Waals surface area contributed by atoms with Gasteiger partial charge in [-0.3, -0.25) is 0 Å². The second kappa shape index (κ2) is 9.22. The van der Waals surface area contributed by atoms with Crippen molar-refractivity contribution >= 4 is 43.1 Å². The number of benzene rings is 8. The molecular formula is C40H26. The Balaban J connectivity index is 1.43. The van der Waals surface area contributed by atoms with Crippen molar-refractivity contribution in [3.8, 4) is 33.4 Å². The Labute approximate surface area is 233 Å². The molecule has 8 aromatic carbocycles. The Morgan fingerprint density at radius 2 is 0.475 bits per heavy atom. The first-order valence-electron chi connectivity index (χ1n) is 13.9. The fraction of sp³-hybridized carbons (Fsp3) is 0. The fourth-order valence-corrected chi connectivity index (χ4v) is 6.46. The summed E-state index contributed by atoms with van der Waals surface area (Å²) >= 11 is 0. The van der Waals surface area contributed by atoms with E-state index < -0.39 is 0 Å². The van der Waals surface area contributed by atoms with Crippen LogP contribution in [0.1, 0.15) is 0 Å². The van der Waals surface area contributed by atoms with E-state index >= 15 is 0 Å². The minimum Gasteiger partial charge on any atom is -0.0616 e. The molecule has 0 heterocycles. The van der Waals surface area contributed by atoms with Crippen molar-refractivity contribution in [1.29, 1.82) is 0 Å². The van der Waals surface area contributed by atoms with E-state index in [0.717, 1.165) is 0 Å². The van der Waals surface area contributed by atoms with Crippen LogP contribution < -0.4 is 0 Å². The van der Waals surface area contributed by atoms with Gasteiger partial charge in [0.15, 0.2) is 0 Å². The Morgan fingerprint density at radius 1 is 0.200 bits per heavy atom. The highest BCUT2D eigenvalue weighted by Crippen LogP contribution is 2.44. The molecule has 0 amide bonds. The molecule has 0 heteroatoms. The van der Waals surface area contributed by atoms with Crippen molar-refractivity contribution in [3.63, 3.8) is 0 Å². The predicted molar refractivity (Wildman–Crippen MR) is 173 cm³/mol. The van der Waals surface area contributed by atoms with Crippen molar-refractivity contribution in [2.75, 3.05) is 0 Å². The normalized spacial score (nSPS) is 11.5. The monoisotopic (exact) mass is 506 g/mol. The number of rotatable bonds is 3. The van der Waals surface area contributed by atoms with Crippen LogP contribution in [0.15, 0.2) is 158 Å². The van der Waals surface area contributed by atoms with Gasteiger partial charge in [-0.1, -0.05) is 146 Å². The van der Waals surface area contributed by atoms with Gasteiger partial charge in [-0.05, 0) is 88.6 Å². The second-order valence-electron chi connectivity index (χ2n) is 10.5. The molecule has 8 rings (SSSR count). The topological polar surface area (TPSA) is 0 Å². The van der Waals surface area contributed by atoms with Crippen LogP contribution in [0.3, 0.4) is 0 Å². The minimum absolute atomic E-state index is 1.25. The molecule has 186 valence electrons. The summed E-state index contributed by atoms with van der Waals surface area (Å²) in [5.74, 6) is 0. The van der Waals surface area contributed by atoms with E-state index in [9.17, 15) is 0 Å². The van der Waals surface area contributed by atoms with Crippen molar-refractivity contribution in [2.45, 2.75) is 0 Å². The van der Waals surface area contributed by atoms with Crippen LogP contribution in [0.4, 0.5) is 0 Å². The third-order valence-corrected chi connectivity index (χ3v) is 8.26. The molecule has 0 fully saturated rings. The highest BCUT2D eigenvalue weighted by molar-refractivity contribution is 6.17. The third-order valence-electron chi connectivity index (χ3n) is 8.26. The summed E-state index contributed by atoms with van der Waals surface area (Å²) < 4.78 is 0. The molecule has 0 aliphatic heterocycles. The average Bonchev–Trinajstić information content (AvgIpc) is 3.04. The van der Waals surface area contributed by atoms with Crippen molar-refractivity contribution in [1.82, 2.24) is 0 Å². The first kappa shape index (κ1) is 22.8. The van der Waals surface area contributed by atoms with Gasteiger partial charge in [-0.25, -0.2) is 0 Å². The lowest BCUT2D eigenvalue weighted by Crippen LogP contribution is -1.92. The van der Waals surface area contributed by atoms with Crippen LogP contribution in [-0.2, 0) is 0 Å². The van der Waals surface area contributed by atoms with Gasteiger partial charge < -0.3 is 0 Å². The summed E-state index contributed by atoms with van der Waals surface area (Å²) in [6.07, 6.45) is 0. The Hall–Kier alpha value is -5.20. The SMILES string of the molecule is c1ccc(-c2cc3ccccc3c3ccccc23)c(-c2ccccc2-c2cc3ccccc3c3ccccc23)c1. The van der Waals surface area contributed by atoms with Crippen LogP contribution in [0.2, 0.25) is 0 Å². The van der Waals surface area contributed by atoms with E-state index in [0.29, 0.717) is 0 Å². The molecule has 0 aromatic heterocycles. The van der Waals surface area contributed by atoms with Gasteiger partial charge in [-0.15, -0.1) is 0 Å². The Kier molecular flexibility index (Phi) is 5.24. The summed E-state index contributed by atoms with van der Waals surface area (Å²) in [5.41, 5.74) is 7.53. The number of hydrogen-bond donors (Lipinski definition) is 0. The minimum atomic E-state index is 1.25. The van der Waals surface area contributed by atoms with Gasteiger partial charge in [0.2, 0.25) is 0 Å². The summed E-state index contributed by atoms with van der Waals surface area (Å²) in [6.45, 7) is 0. The summed E-state index contributed by atoms with van der Waals surface area (Å²) in [7, 11) is 0. The van der Waals surface area contributed by atoms with Crippen LogP contribution in [-0.4, -0.2) is 0 Å². The van der Waals surface area contributed by atoms with Gasteiger partial charge >= 0.3 is 0 Å². The summed E-state index contributed by atoms with van der Waals surface area (Å²) in [5, 5.41) is 10.3. The van der Waals surface area contributed by atoms with E-state index in [4.69, 9.17) is 0 Å². The molecule has 0 spiro atoms. The molecule has 0 N–H and O–H groups in total. The van der Waals surface area contributed by atoms with E-state index in [1.54, 1.807) is 0 Å². The molecule has 0 radical (unpaired) electrons. The first-order valence-corrected chi connectivity index (χ1v) is 13.9. The van der Waals surface area contributed by atoms with Crippen LogP contribution >= 0.6 is 0 Å². The van der Waals surface area contributed by atoms with E-state index in [2.05, 4.69) is 158 Å². The zero-order valence-corrected chi connectivity index (χ0v) is 22.0. The third kappa shape index (κ3) is 3.54. The number of hydrogen-bond acceptors (Lipinski definition) is 0. The van der Waals surface area contributed by atoms with Crippen LogP contribution in [0.5, 0.6) is 0 Å². The molecule has 0 bridgehead atoms. The van der Waals surface area contributed by atoms with Crippen molar-refractivity contribution in [2.24, 2.45) is 0 Å². The lowest BCUT2D eigenvalue weighted by atomic mass is 9.85. The standard InChI is InChI=1S/C40H26/c1-3-15-29-27(13-1)25-39(35-21-9-5-17-31(29)35)37-23-11-7-19-33(37)34-20-8-12-24-38(34)40-26-28-14-2-4-16-30(28)32-18-6-10-22-36(32)40/h1-26H. The lowest BCUT2D eigenvalue weighted by Gasteiger charge is -2.18.